The number of thiocarbonyl (C=S) groups is 1. The maximum Gasteiger partial charge on any atom is 0.213 e. The molecule has 0 amide bonds. The van der Waals surface area contributed by atoms with Crippen LogP contribution in [0.2, 0.25) is 0 Å². The van der Waals surface area contributed by atoms with Crippen LogP contribution in [0.4, 0.5) is 0 Å². The molecule has 0 aliphatic heterocycles. The molecule has 0 aliphatic rings. The van der Waals surface area contributed by atoms with Crippen molar-refractivity contribution in [3.63, 3.8) is 0 Å². The van der Waals surface area contributed by atoms with Crippen molar-refractivity contribution in [1.29, 1.82) is 0 Å². The van der Waals surface area contributed by atoms with Crippen molar-refractivity contribution in [3.05, 3.63) is 0 Å². The van der Waals surface area contributed by atoms with E-state index in [2.05, 4.69) is 17.2 Å². The molecule has 3 nitrogen and oxygen atoms in total. The van der Waals surface area contributed by atoms with Crippen LogP contribution in [0.15, 0.2) is 4.99 Å². The van der Waals surface area contributed by atoms with Crippen LogP contribution in [-0.4, -0.2) is 30.4 Å². The molecule has 0 aromatic heterocycles. The molecule has 0 spiro atoms. The second-order valence-corrected chi connectivity index (χ2v) is 1.90. The molecule has 0 rings (SSSR count). The Morgan fingerprint density at radius 1 is 1.75 bits per heavy atom. The molecular weight excluding hydrogens is 122 g/mol. The van der Waals surface area contributed by atoms with Crippen molar-refractivity contribution in [2.45, 2.75) is 0 Å². The molecule has 0 bridgehead atoms. The van der Waals surface area contributed by atoms with Gasteiger partial charge in [-0.1, -0.05) is 0 Å². The van der Waals surface area contributed by atoms with Gasteiger partial charge in [0.2, 0.25) is 5.11 Å². The normalized spacial score (nSPS) is 9.75. The molecule has 0 heterocycles. The predicted molar refractivity (Wildman–Crippen MR) is 37.9 cm³/mol. The highest BCUT2D eigenvalue weighted by atomic mass is 32.1. The van der Waals surface area contributed by atoms with Crippen LogP contribution in [0.3, 0.4) is 0 Å². The van der Waals surface area contributed by atoms with E-state index in [0.717, 1.165) is 0 Å². The number of hydrogen-bond donors (Lipinski definition) is 0. The van der Waals surface area contributed by atoms with Gasteiger partial charge < -0.3 is 4.90 Å². The Balaban J connectivity index is 3.50. The SMILES string of the molecule is CN(C)/C=N/C([NH])=S. The average Bonchev–Trinajstić information content (AvgIpc) is 1.61. The van der Waals surface area contributed by atoms with E-state index in [1.165, 1.54) is 6.34 Å². The summed E-state index contributed by atoms with van der Waals surface area (Å²) in [7, 11) is 3.64. The molecule has 0 aromatic rings. The van der Waals surface area contributed by atoms with Gasteiger partial charge in [-0.2, -0.15) is 0 Å². The highest BCUT2D eigenvalue weighted by Crippen LogP contribution is 1.70. The van der Waals surface area contributed by atoms with Crippen molar-refractivity contribution in [2.24, 2.45) is 4.99 Å². The maximum atomic E-state index is 6.68. The highest BCUT2D eigenvalue weighted by molar-refractivity contribution is 7.80. The molecule has 0 saturated carbocycles. The quantitative estimate of drug-likeness (QED) is 0.288. The van der Waals surface area contributed by atoms with E-state index in [9.17, 15) is 0 Å². The van der Waals surface area contributed by atoms with Crippen molar-refractivity contribution >= 4 is 23.7 Å². The van der Waals surface area contributed by atoms with Gasteiger partial charge in [0.1, 0.15) is 0 Å². The van der Waals surface area contributed by atoms with Crippen molar-refractivity contribution in [3.8, 4) is 0 Å². The Hall–Kier alpha value is -0.640. The Kier molecular flexibility index (Phi) is 3.10. The van der Waals surface area contributed by atoms with Gasteiger partial charge >= 0.3 is 0 Å². The van der Waals surface area contributed by atoms with Gasteiger partial charge in [-0.05, 0) is 12.2 Å². The lowest BCUT2D eigenvalue weighted by molar-refractivity contribution is 0.644. The monoisotopic (exact) mass is 130 g/mol. The van der Waals surface area contributed by atoms with E-state index in [4.69, 9.17) is 5.73 Å². The van der Waals surface area contributed by atoms with Crippen molar-refractivity contribution in [2.75, 3.05) is 14.1 Å². The molecule has 0 saturated heterocycles. The van der Waals surface area contributed by atoms with E-state index in [0.29, 0.717) is 0 Å². The zero-order valence-corrected chi connectivity index (χ0v) is 5.70. The van der Waals surface area contributed by atoms with E-state index in [1.807, 2.05) is 14.1 Å². The first kappa shape index (κ1) is 7.36. The van der Waals surface area contributed by atoms with E-state index in [1.54, 1.807) is 4.90 Å². The Bertz CT molecular complexity index is 108. The van der Waals surface area contributed by atoms with Crippen LogP contribution in [0.1, 0.15) is 0 Å². The molecule has 0 fully saturated rings. The summed E-state index contributed by atoms with van der Waals surface area (Å²) in [6, 6.07) is 0. The van der Waals surface area contributed by atoms with Gasteiger partial charge in [0.15, 0.2) is 0 Å². The third-order valence-electron chi connectivity index (χ3n) is 0.406. The molecule has 0 aromatic carbocycles. The van der Waals surface area contributed by atoms with Crippen LogP contribution < -0.4 is 5.73 Å². The van der Waals surface area contributed by atoms with Gasteiger partial charge in [-0.25, -0.2) is 4.99 Å². The van der Waals surface area contributed by atoms with E-state index in [-0.39, 0.29) is 5.11 Å². The summed E-state index contributed by atoms with van der Waals surface area (Å²) in [4.78, 5) is 5.25. The number of rotatable bonds is 1. The summed E-state index contributed by atoms with van der Waals surface area (Å²) in [6.07, 6.45) is 1.50. The predicted octanol–water partition coefficient (Wildman–Crippen LogP) is 0.144. The summed E-state index contributed by atoms with van der Waals surface area (Å²) >= 11 is 4.36. The minimum atomic E-state index is -0.0845. The topological polar surface area (TPSA) is 39.4 Å². The third kappa shape index (κ3) is 5.36. The average molecular weight is 130 g/mol. The smallest absolute Gasteiger partial charge is 0.213 e. The largest absolute Gasteiger partial charge is 0.369 e. The van der Waals surface area contributed by atoms with Crippen LogP contribution in [0.25, 0.3) is 0 Å². The van der Waals surface area contributed by atoms with E-state index < -0.39 is 0 Å². The number of hydrogen-bond acceptors (Lipinski definition) is 1. The summed E-state index contributed by atoms with van der Waals surface area (Å²) in [5.74, 6) is 0. The van der Waals surface area contributed by atoms with Crippen LogP contribution in [0.5, 0.6) is 0 Å². The second-order valence-electron chi connectivity index (χ2n) is 1.51. The standard InChI is InChI=1S/C4H8N3S/c1-7(2)3-6-4(5)8/h3,5H,1-2H3/b6-3+. The zero-order valence-electron chi connectivity index (χ0n) is 4.88. The van der Waals surface area contributed by atoms with Crippen LogP contribution >= 0.6 is 12.2 Å². The van der Waals surface area contributed by atoms with Gasteiger partial charge in [0.05, 0.1) is 6.34 Å². The minimum absolute atomic E-state index is 0.0845. The van der Waals surface area contributed by atoms with Crippen LogP contribution in [-0.2, 0) is 0 Å². The summed E-state index contributed by atoms with van der Waals surface area (Å²) < 4.78 is 0. The first-order chi connectivity index (χ1) is 3.63. The Morgan fingerprint density at radius 2 is 2.25 bits per heavy atom. The summed E-state index contributed by atoms with van der Waals surface area (Å²) in [5.41, 5.74) is 6.68. The van der Waals surface area contributed by atoms with E-state index >= 15 is 0 Å². The molecular formula is C4H8N3S. The number of nitrogens with zero attached hydrogens (tertiary/aromatic N) is 2. The lowest BCUT2D eigenvalue weighted by atomic mass is 10.9. The fourth-order valence-electron chi connectivity index (χ4n) is 0.168. The van der Waals surface area contributed by atoms with Crippen molar-refractivity contribution in [1.82, 2.24) is 10.6 Å². The lowest BCUT2D eigenvalue weighted by Gasteiger charge is -1.99. The molecule has 1 radical (unpaired) electrons. The zero-order chi connectivity index (χ0) is 6.57. The lowest BCUT2D eigenvalue weighted by Crippen LogP contribution is -2.09. The van der Waals surface area contributed by atoms with Gasteiger partial charge in [-0.3, -0.25) is 5.73 Å². The Morgan fingerprint density at radius 3 is 2.38 bits per heavy atom. The molecule has 0 aliphatic carbocycles. The highest BCUT2D eigenvalue weighted by Gasteiger charge is 1.78. The Labute approximate surface area is 54.2 Å². The molecule has 4 heteroatoms. The number of aliphatic imine (C=N–C) groups is 1. The second kappa shape index (κ2) is 3.37. The fourth-order valence-corrected chi connectivity index (χ4v) is 0.215. The fraction of sp³-hybridized carbons (Fsp3) is 0.500. The molecule has 8 heavy (non-hydrogen) atoms. The maximum absolute atomic E-state index is 6.68. The first-order valence-corrected chi connectivity index (χ1v) is 2.50. The van der Waals surface area contributed by atoms with Gasteiger partial charge in [-0.15, -0.1) is 0 Å². The first-order valence-electron chi connectivity index (χ1n) is 2.09. The van der Waals surface area contributed by atoms with Gasteiger partial charge in [0.25, 0.3) is 0 Å². The summed E-state index contributed by atoms with van der Waals surface area (Å²) in [5, 5.41) is -0.0845. The third-order valence-corrected chi connectivity index (χ3v) is 0.511. The molecule has 0 unspecified atom stereocenters. The minimum Gasteiger partial charge on any atom is -0.369 e. The number of nitrogens with one attached hydrogen (secondary N) is 1. The van der Waals surface area contributed by atoms with Gasteiger partial charge in [0, 0.05) is 14.1 Å². The molecule has 45 valence electrons. The van der Waals surface area contributed by atoms with Crippen LogP contribution in [0, 0.1) is 0 Å². The van der Waals surface area contributed by atoms with Crippen molar-refractivity contribution < 1.29 is 0 Å². The molecule has 0 atom stereocenters. The molecule has 1 N–H and O–H groups in total. The summed E-state index contributed by atoms with van der Waals surface area (Å²) in [6.45, 7) is 0.